The Morgan fingerprint density at radius 2 is 1.60 bits per heavy atom. The van der Waals surface area contributed by atoms with Crippen LogP contribution >= 0.6 is 0 Å². The van der Waals surface area contributed by atoms with Gasteiger partial charge in [-0.25, -0.2) is 0 Å². The van der Waals surface area contributed by atoms with Gasteiger partial charge in [-0.05, 0) is 38.6 Å². The predicted octanol–water partition coefficient (Wildman–Crippen LogP) is 5.06. The first kappa shape index (κ1) is 18.0. The SMILES string of the molecule is CCCCCCCCCNC1CCOC(CC)(CC)C1. The van der Waals surface area contributed by atoms with Gasteiger partial charge < -0.3 is 10.1 Å². The van der Waals surface area contributed by atoms with Crippen molar-refractivity contribution in [3.63, 3.8) is 0 Å². The molecular formula is C18H37NO. The lowest BCUT2D eigenvalue weighted by molar-refractivity contribution is -0.0929. The summed E-state index contributed by atoms with van der Waals surface area (Å²) in [5, 5.41) is 3.77. The third-order valence-electron chi connectivity index (χ3n) is 4.99. The van der Waals surface area contributed by atoms with Crippen molar-refractivity contribution in [2.24, 2.45) is 0 Å². The molecule has 1 saturated heterocycles. The van der Waals surface area contributed by atoms with E-state index in [1.165, 1.54) is 64.3 Å². The molecule has 1 unspecified atom stereocenters. The molecule has 120 valence electrons. The summed E-state index contributed by atoms with van der Waals surface area (Å²) < 4.78 is 6.04. The molecule has 0 aromatic rings. The fourth-order valence-corrected chi connectivity index (χ4v) is 3.33. The average Bonchev–Trinajstić information content (AvgIpc) is 2.50. The van der Waals surface area contributed by atoms with Gasteiger partial charge in [0.2, 0.25) is 0 Å². The molecule has 0 aliphatic carbocycles. The molecule has 0 amide bonds. The maximum Gasteiger partial charge on any atom is 0.0692 e. The van der Waals surface area contributed by atoms with Crippen LogP contribution in [0.1, 0.15) is 91.4 Å². The van der Waals surface area contributed by atoms with Crippen molar-refractivity contribution in [2.75, 3.05) is 13.2 Å². The highest BCUT2D eigenvalue weighted by Gasteiger charge is 2.33. The van der Waals surface area contributed by atoms with Gasteiger partial charge in [-0.15, -0.1) is 0 Å². The summed E-state index contributed by atoms with van der Waals surface area (Å²) in [7, 11) is 0. The summed E-state index contributed by atoms with van der Waals surface area (Å²) in [6.45, 7) is 8.95. The molecule has 1 heterocycles. The highest BCUT2D eigenvalue weighted by atomic mass is 16.5. The van der Waals surface area contributed by atoms with Crippen LogP contribution in [-0.4, -0.2) is 24.8 Å². The molecule has 0 bridgehead atoms. The monoisotopic (exact) mass is 283 g/mol. The van der Waals surface area contributed by atoms with Crippen molar-refractivity contribution < 1.29 is 4.74 Å². The Labute approximate surface area is 127 Å². The second-order valence-corrected chi connectivity index (χ2v) is 6.50. The van der Waals surface area contributed by atoms with E-state index in [9.17, 15) is 0 Å². The molecule has 0 radical (unpaired) electrons. The number of hydrogen-bond donors (Lipinski definition) is 1. The summed E-state index contributed by atoms with van der Waals surface area (Å²) in [6, 6.07) is 0.684. The predicted molar refractivity (Wildman–Crippen MR) is 88.3 cm³/mol. The first-order chi connectivity index (χ1) is 9.76. The summed E-state index contributed by atoms with van der Waals surface area (Å²) in [6.07, 6.45) is 14.5. The van der Waals surface area contributed by atoms with Gasteiger partial charge in [-0.2, -0.15) is 0 Å². The van der Waals surface area contributed by atoms with Crippen molar-refractivity contribution >= 4 is 0 Å². The van der Waals surface area contributed by atoms with Crippen molar-refractivity contribution in [1.82, 2.24) is 5.32 Å². The van der Waals surface area contributed by atoms with Crippen molar-refractivity contribution in [2.45, 2.75) is 103 Å². The average molecular weight is 284 g/mol. The van der Waals surface area contributed by atoms with E-state index >= 15 is 0 Å². The second-order valence-electron chi connectivity index (χ2n) is 6.50. The molecule has 0 saturated carbocycles. The molecule has 20 heavy (non-hydrogen) atoms. The van der Waals surface area contributed by atoms with Crippen LogP contribution in [-0.2, 0) is 4.74 Å². The smallest absolute Gasteiger partial charge is 0.0692 e. The molecule has 2 heteroatoms. The van der Waals surface area contributed by atoms with Crippen molar-refractivity contribution in [3.05, 3.63) is 0 Å². The normalized spacial score (nSPS) is 22.1. The van der Waals surface area contributed by atoms with Crippen LogP contribution in [0.4, 0.5) is 0 Å². The van der Waals surface area contributed by atoms with Gasteiger partial charge in [0.05, 0.1) is 5.60 Å². The maximum absolute atomic E-state index is 6.04. The minimum Gasteiger partial charge on any atom is -0.375 e. The summed E-state index contributed by atoms with van der Waals surface area (Å²) in [4.78, 5) is 0. The van der Waals surface area contributed by atoms with E-state index in [-0.39, 0.29) is 5.60 Å². The molecule has 1 rings (SSSR count). The minimum atomic E-state index is 0.163. The molecular weight excluding hydrogens is 246 g/mol. The fourth-order valence-electron chi connectivity index (χ4n) is 3.33. The van der Waals surface area contributed by atoms with E-state index in [1.54, 1.807) is 0 Å². The quantitative estimate of drug-likeness (QED) is 0.535. The first-order valence-electron chi connectivity index (χ1n) is 9.13. The van der Waals surface area contributed by atoms with Crippen LogP contribution in [0.15, 0.2) is 0 Å². The van der Waals surface area contributed by atoms with Crippen LogP contribution in [0.3, 0.4) is 0 Å². The molecule has 1 aliphatic rings. The number of ether oxygens (including phenoxy) is 1. The Balaban J connectivity index is 2.04. The van der Waals surface area contributed by atoms with Crippen LogP contribution < -0.4 is 5.32 Å². The van der Waals surface area contributed by atoms with E-state index < -0.39 is 0 Å². The standard InChI is InChI=1S/C18H37NO/c1-4-7-8-9-10-11-12-14-19-17-13-15-20-18(5-2,6-3)16-17/h17,19H,4-16H2,1-3H3. The second kappa shape index (κ2) is 10.6. The molecule has 2 nitrogen and oxygen atoms in total. The Morgan fingerprint density at radius 1 is 0.950 bits per heavy atom. The third kappa shape index (κ3) is 6.58. The highest BCUT2D eigenvalue weighted by molar-refractivity contribution is 4.88. The summed E-state index contributed by atoms with van der Waals surface area (Å²) in [5.74, 6) is 0. The van der Waals surface area contributed by atoms with Crippen LogP contribution in [0.2, 0.25) is 0 Å². The Kier molecular flexibility index (Phi) is 9.54. The molecule has 1 fully saturated rings. The van der Waals surface area contributed by atoms with Crippen molar-refractivity contribution in [3.8, 4) is 0 Å². The molecule has 1 N–H and O–H groups in total. The van der Waals surface area contributed by atoms with E-state index in [0.29, 0.717) is 6.04 Å². The van der Waals surface area contributed by atoms with E-state index in [4.69, 9.17) is 4.74 Å². The summed E-state index contributed by atoms with van der Waals surface area (Å²) >= 11 is 0. The Hall–Kier alpha value is -0.0800. The lowest BCUT2D eigenvalue weighted by Crippen LogP contribution is -2.46. The zero-order valence-electron chi connectivity index (χ0n) is 14.2. The first-order valence-corrected chi connectivity index (χ1v) is 9.13. The number of nitrogens with one attached hydrogen (secondary N) is 1. The number of hydrogen-bond acceptors (Lipinski definition) is 2. The lowest BCUT2D eigenvalue weighted by atomic mass is 9.86. The molecule has 0 spiro atoms. The van der Waals surface area contributed by atoms with Gasteiger partial charge in [0.15, 0.2) is 0 Å². The number of unbranched alkanes of at least 4 members (excludes halogenated alkanes) is 6. The van der Waals surface area contributed by atoms with Gasteiger partial charge in [0, 0.05) is 12.6 Å². The maximum atomic E-state index is 6.04. The topological polar surface area (TPSA) is 21.3 Å². The van der Waals surface area contributed by atoms with Gasteiger partial charge in [-0.3, -0.25) is 0 Å². The molecule has 0 aromatic carbocycles. The largest absolute Gasteiger partial charge is 0.375 e. The van der Waals surface area contributed by atoms with E-state index in [0.717, 1.165) is 19.4 Å². The lowest BCUT2D eigenvalue weighted by Gasteiger charge is -2.40. The highest BCUT2D eigenvalue weighted by Crippen LogP contribution is 2.31. The molecule has 0 aromatic heterocycles. The fraction of sp³-hybridized carbons (Fsp3) is 1.00. The molecule has 1 aliphatic heterocycles. The van der Waals surface area contributed by atoms with Crippen LogP contribution in [0.5, 0.6) is 0 Å². The van der Waals surface area contributed by atoms with Crippen LogP contribution in [0, 0.1) is 0 Å². The van der Waals surface area contributed by atoms with Crippen LogP contribution in [0.25, 0.3) is 0 Å². The number of rotatable bonds is 11. The summed E-state index contributed by atoms with van der Waals surface area (Å²) in [5.41, 5.74) is 0.163. The zero-order chi connectivity index (χ0) is 14.7. The van der Waals surface area contributed by atoms with Gasteiger partial charge in [0.25, 0.3) is 0 Å². The van der Waals surface area contributed by atoms with E-state index in [2.05, 4.69) is 26.1 Å². The van der Waals surface area contributed by atoms with E-state index in [1.807, 2.05) is 0 Å². The Bertz CT molecular complexity index is 225. The molecule has 1 atom stereocenters. The van der Waals surface area contributed by atoms with Gasteiger partial charge in [-0.1, -0.05) is 59.3 Å². The van der Waals surface area contributed by atoms with Gasteiger partial charge >= 0.3 is 0 Å². The Morgan fingerprint density at radius 3 is 2.25 bits per heavy atom. The third-order valence-corrected chi connectivity index (χ3v) is 4.99. The van der Waals surface area contributed by atoms with Gasteiger partial charge in [0.1, 0.15) is 0 Å². The minimum absolute atomic E-state index is 0.163. The van der Waals surface area contributed by atoms with Crippen molar-refractivity contribution in [1.29, 1.82) is 0 Å². The zero-order valence-corrected chi connectivity index (χ0v) is 14.2.